The fourth-order valence-electron chi connectivity index (χ4n) is 3.80. The number of ether oxygens (including phenoxy) is 1. The molecule has 0 aliphatic rings. The second-order valence-electron chi connectivity index (χ2n) is 8.52. The Morgan fingerprint density at radius 3 is 2.26 bits per heavy atom. The van der Waals surface area contributed by atoms with Gasteiger partial charge in [0.2, 0.25) is 5.91 Å². The van der Waals surface area contributed by atoms with Crippen molar-refractivity contribution in [3.05, 3.63) is 87.9 Å². The average Bonchev–Trinajstić information content (AvgIpc) is 2.83. The normalized spacial score (nSPS) is 12.2. The average molecular weight is 515 g/mol. The van der Waals surface area contributed by atoms with Crippen LogP contribution in [-0.4, -0.2) is 28.0 Å². The molecule has 3 aromatic rings. The standard InChI is InChI=1S/C27H31ClN2O4S/c1-6-25(21-10-14-26(34-5)20(4)15-21)29-27(31)17-30(22-11-9-19(3)24(28)16-22)35(32,33)23-12-7-18(2)8-13-23/h7-16,25H,6,17H2,1-5H3,(H,29,31)/t25-/m0/s1. The Labute approximate surface area is 212 Å². The van der Waals surface area contributed by atoms with Gasteiger partial charge in [-0.1, -0.05) is 54.4 Å². The van der Waals surface area contributed by atoms with Crippen molar-refractivity contribution in [2.75, 3.05) is 18.0 Å². The molecule has 1 amide bonds. The lowest BCUT2D eigenvalue weighted by Crippen LogP contribution is -2.42. The molecule has 0 fully saturated rings. The maximum atomic E-state index is 13.6. The molecule has 8 heteroatoms. The van der Waals surface area contributed by atoms with Crippen molar-refractivity contribution in [1.82, 2.24) is 5.32 Å². The van der Waals surface area contributed by atoms with Gasteiger partial charge in [-0.15, -0.1) is 0 Å². The first kappa shape index (κ1) is 26.6. The van der Waals surface area contributed by atoms with Crippen molar-refractivity contribution in [1.29, 1.82) is 0 Å². The lowest BCUT2D eigenvalue weighted by Gasteiger charge is -2.26. The number of halogens is 1. The number of sulfonamides is 1. The number of carbonyl (C=O) groups is 1. The highest BCUT2D eigenvalue weighted by molar-refractivity contribution is 7.92. The van der Waals surface area contributed by atoms with Gasteiger partial charge in [0.25, 0.3) is 10.0 Å². The Morgan fingerprint density at radius 2 is 1.69 bits per heavy atom. The van der Waals surface area contributed by atoms with Crippen molar-refractivity contribution in [2.45, 2.75) is 45.1 Å². The van der Waals surface area contributed by atoms with Gasteiger partial charge in [0.15, 0.2) is 0 Å². The summed E-state index contributed by atoms with van der Waals surface area (Å²) in [6.45, 7) is 7.23. The summed E-state index contributed by atoms with van der Waals surface area (Å²) in [6.07, 6.45) is 0.637. The zero-order chi connectivity index (χ0) is 25.8. The van der Waals surface area contributed by atoms with Gasteiger partial charge in [0, 0.05) is 5.02 Å². The number of nitrogens with one attached hydrogen (secondary N) is 1. The molecule has 0 aliphatic carbocycles. The van der Waals surface area contributed by atoms with E-state index in [1.807, 2.05) is 45.9 Å². The van der Waals surface area contributed by atoms with E-state index in [-0.39, 0.29) is 17.5 Å². The van der Waals surface area contributed by atoms with E-state index >= 15 is 0 Å². The topological polar surface area (TPSA) is 75.7 Å². The van der Waals surface area contributed by atoms with E-state index in [0.29, 0.717) is 17.1 Å². The number of hydrogen-bond acceptors (Lipinski definition) is 4. The maximum Gasteiger partial charge on any atom is 0.264 e. The Hall–Kier alpha value is -3.03. The zero-order valence-electron chi connectivity index (χ0n) is 20.6. The molecule has 0 spiro atoms. The molecule has 6 nitrogen and oxygen atoms in total. The summed E-state index contributed by atoms with van der Waals surface area (Å²) in [7, 11) is -2.41. The number of hydrogen-bond donors (Lipinski definition) is 1. The van der Waals surface area contributed by atoms with E-state index in [1.54, 1.807) is 49.6 Å². The minimum Gasteiger partial charge on any atom is -0.496 e. The van der Waals surface area contributed by atoms with Crippen molar-refractivity contribution in [2.24, 2.45) is 0 Å². The summed E-state index contributed by atoms with van der Waals surface area (Å²) in [5, 5.41) is 3.41. The fourth-order valence-corrected chi connectivity index (χ4v) is 5.39. The first-order chi connectivity index (χ1) is 16.6. The summed E-state index contributed by atoms with van der Waals surface area (Å²) in [5.74, 6) is 0.347. The summed E-state index contributed by atoms with van der Waals surface area (Å²) in [6, 6.07) is 17.0. The van der Waals surface area contributed by atoms with Crippen LogP contribution in [-0.2, 0) is 14.8 Å². The second kappa shape index (κ2) is 11.1. The second-order valence-corrected chi connectivity index (χ2v) is 10.8. The molecule has 3 rings (SSSR count). The van der Waals surface area contributed by atoms with Crippen molar-refractivity contribution in [3.8, 4) is 5.75 Å². The van der Waals surface area contributed by atoms with Crippen molar-refractivity contribution in [3.63, 3.8) is 0 Å². The van der Waals surface area contributed by atoms with E-state index in [4.69, 9.17) is 16.3 Å². The molecule has 0 aromatic heterocycles. The van der Waals surface area contributed by atoms with Crippen LogP contribution in [0.15, 0.2) is 65.6 Å². The van der Waals surface area contributed by atoms with Crippen molar-refractivity contribution < 1.29 is 17.9 Å². The van der Waals surface area contributed by atoms with Gasteiger partial charge in [-0.3, -0.25) is 9.10 Å². The first-order valence-electron chi connectivity index (χ1n) is 11.4. The van der Waals surface area contributed by atoms with Crippen LogP contribution in [0.3, 0.4) is 0 Å². The number of carbonyl (C=O) groups excluding carboxylic acids is 1. The number of methoxy groups -OCH3 is 1. The van der Waals surface area contributed by atoms with Gasteiger partial charge in [-0.2, -0.15) is 0 Å². The predicted octanol–water partition coefficient (Wildman–Crippen LogP) is 5.74. The summed E-state index contributed by atoms with van der Waals surface area (Å²) in [5.41, 5.74) is 3.95. The van der Waals surface area contributed by atoms with Gasteiger partial charge in [0.05, 0.1) is 23.7 Å². The Bertz CT molecular complexity index is 1310. The van der Waals surface area contributed by atoms with Crippen LogP contribution in [0.2, 0.25) is 5.02 Å². The number of aryl methyl sites for hydroxylation is 3. The third kappa shape index (κ3) is 6.16. The van der Waals surface area contributed by atoms with Crippen LogP contribution in [0.25, 0.3) is 0 Å². The number of anilines is 1. The SMILES string of the molecule is CC[C@H](NC(=O)CN(c1ccc(C)c(Cl)c1)S(=O)(=O)c1ccc(C)cc1)c1ccc(OC)c(C)c1. The van der Waals surface area contributed by atoms with Crippen molar-refractivity contribution >= 4 is 33.2 Å². The van der Waals surface area contributed by atoms with Crippen LogP contribution in [0.5, 0.6) is 5.75 Å². The van der Waals surface area contributed by atoms with Crippen LogP contribution in [0.1, 0.15) is 41.6 Å². The molecular weight excluding hydrogens is 484 g/mol. The van der Waals surface area contributed by atoms with E-state index in [0.717, 1.165) is 32.3 Å². The summed E-state index contributed by atoms with van der Waals surface area (Å²) < 4.78 is 33.6. The molecule has 0 saturated heterocycles. The van der Waals surface area contributed by atoms with Gasteiger partial charge in [0.1, 0.15) is 12.3 Å². The maximum absolute atomic E-state index is 13.6. The number of nitrogens with zero attached hydrogens (tertiary/aromatic N) is 1. The largest absolute Gasteiger partial charge is 0.496 e. The third-order valence-electron chi connectivity index (χ3n) is 5.90. The highest BCUT2D eigenvalue weighted by Crippen LogP contribution is 2.29. The summed E-state index contributed by atoms with van der Waals surface area (Å²) in [4.78, 5) is 13.3. The smallest absolute Gasteiger partial charge is 0.264 e. The van der Waals surface area contributed by atoms with Gasteiger partial charge in [-0.25, -0.2) is 8.42 Å². The minimum atomic E-state index is -4.02. The lowest BCUT2D eigenvalue weighted by atomic mass is 10.0. The Balaban J connectivity index is 1.93. The molecule has 3 aromatic carbocycles. The Kier molecular flexibility index (Phi) is 8.46. The molecule has 0 heterocycles. The van der Waals surface area contributed by atoms with Crippen LogP contribution in [0, 0.1) is 20.8 Å². The number of benzene rings is 3. The van der Waals surface area contributed by atoms with E-state index in [2.05, 4.69) is 5.32 Å². The molecule has 1 N–H and O–H groups in total. The molecule has 186 valence electrons. The highest BCUT2D eigenvalue weighted by atomic mass is 35.5. The predicted molar refractivity (Wildman–Crippen MR) is 141 cm³/mol. The summed E-state index contributed by atoms with van der Waals surface area (Å²) >= 11 is 6.31. The zero-order valence-corrected chi connectivity index (χ0v) is 22.2. The Morgan fingerprint density at radius 1 is 1.00 bits per heavy atom. The van der Waals surface area contributed by atoms with Crippen LogP contribution in [0.4, 0.5) is 5.69 Å². The molecule has 0 radical (unpaired) electrons. The molecular formula is C27H31ClN2O4S. The van der Waals surface area contributed by atoms with Crippen LogP contribution >= 0.6 is 11.6 Å². The monoisotopic (exact) mass is 514 g/mol. The molecule has 1 atom stereocenters. The van der Waals surface area contributed by atoms with Gasteiger partial charge < -0.3 is 10.1 Å². The molecule has 0 bridgehead atoms. The molecule has 0 saturated carbocycles. The van der Waals surface area contributed by atoms with E-state index in [1.165, 1.54) is 0 Å². The third-order valence-corrected chi connectivity index (χ3v) is 8.10. The first-order valence-corrected chi connectivity index (χ1v) is 13.2. The quantitative estimate of drug-likeness (QED) is 0.395. The molecule has 0 aliphatic heterocycles. The van der Waals surface area contributed by atoms with Gasteiger partial charge in [-0.05, 0) is 74.2 Å². The minimum absolute atomic E-state index is 0.102. The number of rotatable bonds is 9. The van der Waals surface area contributed by atoms with E-state index < -0.39 is 15.9 Å². The number of amides is 1. The highest BCUT2D eigenvalue weighted by Gasteiger charge is 2.28. The molecule has 35 heavy (non-hydrogen) atoms. The van der Waals surface area contributed by atoms with Crippen LogP contribution < -0.4 is 14.4 Å². The fraction of sp³-hybridized carbons (Fsp3) is 0.296. The van der Waals surface area contributed by atoms with E-state index in [9.17, 15) is 13.2 Å². The van der Waals surface area contributed by atoms with Gasteiger partial charge >= 0.3 is 0 Å². The molecule has 0 unspecified atom stereocenters. The lowest BCUT2D eigenvalue weighted by molar-refractivity contribution is -0.120.